The van der Waals surface area contributed by atoms with Gasteiger partial charge in [-0.2, -0.15) is 0 Å². The third kappa shape index (κ3) is 14.5. The maximum atomic E-state index is 12.9. The molecule has 14 heteroatoms. The maximum absolute atomic E-state index is 12.9. The largest absolute Gasteiger partial charge is 0.480 e. The number of nitrogens with one attached hydrogen (secondary N) is 4. The lowest BCUT2D eigenvalue weighted by Gasteiger charge is -2.26. The number of aliphatic carboxylic acids is 1. The molecule has 0 saturated heterocycles. The van der Waals surface area contributed by atoms with E-state index in [0.717, 1.165) is 0 Å². The van der Waals surface area contributed by atoms with E-state index in [1.165, 1.54) is 6.92 Å². The average Bonchev–Trinajstić information content (AvgIpc) is 2.83. The molecule has 0 aliphatic heterocycles. The second-order valence-corrected chi connectivity index (χ2v) is 10.4. The van der Waals surface area contributed by atoms with Gasteiger partial charge in [0.2, 0.25) is 29.5 Å². The van der Waals surface area contributed by atoms with Crippen LogP contribution in [0.4, 0.5) is 0 Å². The van der Waals surface area contributed by atoms with Gasteiger partial charge >= 0.3 is 5.97 Å². The molecule has 0 aliphatic carbocycles. The van der Waals surface area contributed by atoms with Gasteiger partial charge in [0.15, 0.2) is 0 Å². The lowest BCUT2D eigenvalue weighted by Crippen LogP contribution is -2.58. The lowest BCUT2D eigenvalue weighted by atomic mass is 10.0. The van der Waals surface area contributed by atoms with Gasteiger partial charge in [-0.25, -0.2) is 4.79 Å². The smallest absolute Gasteiger partial charge is 0.326 e. The number of carbonyl (C=O) groups is 6. The van der Waals surface area contributed by atoms with E-state index in [9.17, 15) is 33.9 Å². The summed E-state index contributed by atoms with van der Waals surface area (Å²) in [4.78, 5) is 74.0. The predicted molar refractivity (Wildman–Crippen MR) is 145 cm³/mol. The number of unbranched alkanes of at least 4 members (excludes halogenated alkanes) is 1. The average molecular weight is 558 g/mol. The van der Waals surface area contributed by atoms with E-state index < -0.39 is 65.7 Å². The Kier molecular flexibility index (Phi) is 16.6. The normalized spacial score (nSPS) is 15.0. The number of carbonyl (C=O) groups excluding carboxylic acids is 5. The van der Waals surface area contributed by atoms with Crippen LogP contribution in [0.25, 0.3) is 0 Å². The zero-order chi connectivity index (χ0) is 30.3. The van der Waals surface area contributed by atoms with Crippen LogP contribution >= 0.6 is 0 Å². The van der Waals surface area contributed by atoms with Crippen molar-refractivity contribution in [2.45, 2.75) is 103 Å². The van der Waals surface area contributed by atoms with Crippen LogP contribution in [0, 0.1) is 11.8 Å². The summed E-state index contributed by atoms with van der Waals surface area (Å²) in [5, 5.41) is 19.4. The van der Waals surface area contributed by atoms with Gasteiger partial charge in [-0.05, 0) is 57.4 Å². The van der Waals surface area contributed by atoms with Gasteiger partial charge < -0.3 is 43.6 Å². The molecular formula is C25H47N7O7. The zero-order valence-electron chi connectivity index (χ0n) is 23.6. The summed E-state index contributed by atoms with van der Waals surface area (Å²) < 4.78 is 0. The molecule has 0 aliphatic rings. The first-order valence-electron chi connectivity index (χ1n) is 13.3. The van der Waals surface area contributed by atoms with Crippen molar-refractivity contribution in [1.82, 2.24) is 21.3 Å². The molecular weight excluding hydrogens is 510 g/mol. The Morgan fingerprint density at radius 1 is 0.718 bits per heavy atom. The van der Waals surface area contributed by atoms with E-state index in [2.05, 4.69) is 21.3 Å². The van der Waals surface area contributed by atoms with E-state index >= 15 is 0 Å². The van der Waals surface area contributed by atoms with Gasteiger partial charge in [-0.3, -0.25) is 24.0 Å². The SMILES string of the molecule is CC(C)C[C@H](NC(=O)[C@@H](N)C(C)C)C(=O)N[C@@H](C)C(=O)N[C@@H](CCC(N)=O)C(=O)N[C@@H](CCCCN)C(=O)O. The highest BCUT2D eigenvalue weighted by Gasteiger charge is 2.31. The van der Waals surface area contributed by atoms with Crippen LogP contribution in [0.2, 0.25) is 0 Å². The highest BCUT2D eigenvalue weighted by Crippen LogP contribution is 2.08. The molecule has 39 heavy (non-hydrogen) atoms. The molecule has 224 valence electrons. The molecule has 0 aromatic heterocycles. The van der Waals surface area contributed by atoms with Crippen LogP contribution in [-0.4, -0.2) is 77.4 Å². The summed E-state index contributed by atoms with van der Waals surface area (Å²) in [6.07, 6.45) is 1.03. The molecule has 0 rings (SSSR count). The third-order valence-corrected chi connectivity index (χ3v) is 5.99. The van der Waals surface area contributed by atoms with Gasteiger partial charge in [-0.1, -0.05) is 27.7 Å². The van der Waals surface area contributed by atoms with Crippen LogP contribution in [0.15, 0.2) is 0 Å². The Morgan fingerprint density at radius 2 is 1.26 bits per heavy atom. The highest BCUT2D eigenvalue weighted by atomic mass is 16.4. The standard InChI is InChI=1S/C25H47N7O7/c1-13(2)12-18(32-24(37)20(28)14(3)4)23(36)29-15(5)21(34)30-16(9-10-19(27)33)22(35)31-17(25(38)39)8-6-7-11-26/h13-18,20H,6-12,26,28H2,1-5H3,(H2,27,33)(H,29,36)(H,30,34)(H,31,35)(H,32,37)(H,38,39)/t15-,16-,17-,18-,20-/m0/s1. The quantitative estimate of drug-likeness (QED) is 0.0855. The van der Waals surface area contributed by atoms with Crippen molar-refractivity contribution in [1.29, 1.82) is 0 Å². The Morgan fingerprint density at radius 3 is 1.74 bits per heavy atom. The highest BCUT2D eigenvalue weighted by molar-refractivity contribution is 5.95. The molecule has 0 heterocycles. The molecule has 5 atom stereocenters. The molecule has 11 N–H and O–H groups in total. The number of rotatable bonds is 19. The van der Waals surface area contributed by atoms with Gasteiger partial charge in [-0.15, -0.1) is 0 Å². The number of primary amides is 1. The molecule has 0 saturated carbocycles. The topological polar surface area (TPSA) is 249 Å². The molecule has 0 spiro atoms. The van der Waals surface area contributed by atoms with Crippen molar-refractivity contribution in [2.24, 2.45) is 29.0 Å². The van der Waals surface area contributed by atoms with Crippen molar-refractivity contribution in [3.63, 3.8) is 0 Å². The predicted octanol–water partition coefficient (Wildman–Crippen LogP) is -1.55. The van der Waals surface area contributed by atoms with Crippen molar-refractivity contribution in [3.05, 3.63) is 0 Å². The zero-order valence-corrected chi connectivity index (χ0v) is 23.6. The summed E-state index contributed by atoms with van der Waals surface area (Å²) in [6.45, 7) is 9.04. The summed E-state index contributed by atoms with van der Waals surface area (Å²) in [6, 6.07) is -5.40. The van der Waals surface area contributed by atoms with Crippen LogP contribution in [0.1, 0.15) is 73.1 Å². The van der Waals surface area contributed by atoms with E-state index in [0.29, 0.717) is 25.8 Å². The number of hydrogen-bond donors (Lipinski definition) is 8. The van der Waals surface area contributed by atoms with Gasteiger partial charge in [0.05, 0.1) is 6.04 Å². The first-order chi connectivity index (χ1) is 18.1. The second kappa shape index (κ2) is 18.1. The van der Waals surface area contributed by atoms with Crippen LogP contribution in [-0.2, 0) is 28.8 Å². The van der Waals surface area contributed by atoms with Crippen LogP contribution in [0.5, 0.6) is 0 Å². The minimum Gasteiger partial charge on any atom is -0.480 e. The van der Waals surface area contributed by atoms with Gasteiger partial charge in [0.25, 0.3) is 0 Å². The van der Waals surface area contributed by atoms with Crippen LogP contribution in [0.3, 0.4) is 0 Å². The van der Waals surface area contributed by atoms with Crippen LogP contribution < -0.4 is 38.5 Å². The number of carboxylic acid groups (broad SMARTS) is 1. The summed E-state index contributed by atoms with van der Waals surface area (Å²) in [7, 11) is 0. The summed E-state index contributed by atoms with van der Waals surface area (Å²) in [5.41, 5.74) is 16.5. The Labute approximate surface area is 229 Å². The molecule has 0 fully saturated rings. The first-order valence-corrected chi connectivity index (χ1v) is 13.3. The Balaban J connectivity index is 5.47. The molecule has 5 amide bonds. The van der Waals surface area contributed by atoms with E-state index in [1.54, 1.807) is 13.8 Å². The minimum atomic E-state index is -1.28. The molecule has 14 nitrogen and oxygen atoms in total. The lowest BCUT2D eigenvalue weighted by molar-refractivity contribution is -0.142. The van der Waals surface area contributed by atoms with Crippen molar-refractivity contribution < 1.29 is 33.9 Å². The van der Waals surface area contributed by atoms with Crippen molar-refractivity contribution >= 4 is 35.5 Å². The van der Waals surface area contributed by atoms with Crippen molar-refractivity contribution in [2.75, 3.05) is 6.54 Å². The maximum Gasteiger partial charge on any atom is 0.326 e. The number of nitrogens with two attached hydrogens (primary N) is 3. The second-order valence-electron chi connectivity index (χ2n) is 10.4. The first kappa shape index (κ1) is 35.7. The Bertz CT molecular complexity index is 851. The number of carboxylic acids is 1. The van der Waals surface area contributed by atoms with Gasteiger partial charge in [0, 0.05) is 6.42 Å². The third-order valence-electron chi connectivity index (χ3n) is 5.99. The Hall–Kier alpha value is -3.26. The van der Waals surface area contributed by atoms with E-state index in [4.69, 9.17) is 17.2 Å². The number of hydrogen-bond acceptors (Lipinski definition) is 8. The summed E-state index contributed by atoms with van der Waals surface area (Å²) >= 11 is 0. The van der Waals surface area contributed by atoms with Crippen molar-refractivity contribution in [3.8, 4) is 0 Å². The molecule has 0 bridgehead atoms. The summed E-state index contributed by atoms with van der Waals surface area (Å²) in [5.74, 6) is -4.75. The fourth-order valence-corrected chi connectivity index (χ4v) is 3.53. The van der Waals surface area contributed by atoms with E-state index in [1.807, 2.05) is 13.8 Å². The molecule has 0 aromatic rings. The molecule has 0 aromatic carbocycles. The molecule has 0 unspecified atom stereocenters. The van der Waals surface area contributed by atoms with Gasteiger partial charge in [0.1, 0.15) is 24.2 Å². The fourth-order valence-electron chi connectivity index (χ4n) is 3.53. The fraction of sp³-hybridized carbons (Fsp3) is 0.760. The minimum absolute atomic E-state index is 0.0365. The monoisotopic (exact) mass is 557 g/mol. The number of amides is 5. The molecule has 0 radical (unpaired) electrons. The van der Waals surface area contributed by atoms with E-state index in [-0.39, 0.29) is 31.1 Å².